The Morgan fingerprint density at radius 2 is 0.690 bits per heavy atom. The number of imide groups is 1. The van der Waals surface area contributed by atoms with Crippen LogP contribution in [0.5, 0.6) is 0 Å². The molecule has 0 rings (SSSR count). The highest BCUT2D eigenvalue weighted by Crippen LogP contribution is 2.14. The molecule has 5 heteroatoms. The van der Waals surface area contributed by atoms with Crippen molar-refractivity contribution in [3.8, 4) is 0 Å². The standard InChI is InChI=1S/C32H63NO2.C5H13NO/c1-3-5-7-9-11-13-15-17-19-21-23-25-27-29-31(34)33-32(35)30-28-26-24-22-20-18-16-14-12-10-8-6-4-2;1-2-3-6-4-5-7/h3-30H2,1-2H3,(H,33,34,35);6-7H,2-5H2,1H3. The molecule has 0 radical (unpaired) electrons. The molecular weight excluding hydrogens is 520 g/mol. The number of carbonyl (C=O) groups is 2. The van der Waals surface area contributed by atoms with Crippen molar-refractivity contribution in [3.05, 3.63) is 0 Å². The van der Waals surface area contributed by atoms with Gasteiger partial charge < -0.3 is 10.4 Å². The molecule has 0 fully saturated rings. The Balaban J connectivity index is 0. The summed E-state index contributed by atoms with van der Waals surface area (Å²) in [6.07, 6.45) is 36.1. The molecule has 0 unspecified atom stereocenters. The van der Waals surface area contributed by atoms with E-state index in [-0.39, 0.29) is 18.4 Å². The number of aliphatic hydroxyl groups excluding tert-OH is 1. The van der Waals surface area contributed by atoms with E-state index in [1.54, 1.807) is 0 Å². The first-order valence-electron chi connectivity index (χ1n) is 18.8. The van der Waals surface area contributed by atoms with Gasteiger partial charge in [-0.1, -0.05) is 175 Å². The number of aliphatic hydroxyl groups is 1. The van der Waals surface area contributed by atoms with Gasteiger partial charge in [0.05, 0.1) is 6.61 Å². The van der Waals surface area contributed by atoms with E-state index in [0.717, 1.165) is 45.2 Å². The minimum Gasteiger partial charge on any atom is -0.395 e. The summed E-state index contributed by atoms with van der Waals surface area (Å²) in [6.45, 7) is 8.64. The Labute approximate surface area is 263 Å². The molecule has 0 bridgehead atoms. The summed E-state index contributed by atoms with van der Waals surface area (Å²) in [5, 5.41) is 13.9. The lowest BCUT2D eigenvalue weighted by molar-refractivity contribution is -0.130. The zero-order valence-corrected chi connectivity index (χ0v) is 28.9. The Bertz CT molecular complexity index is 483. The van der Waals surface area contributed by atoms with Crippen LogP contribution in [-0.2, 0) is 9.59 Å². The van der Waals surface area contributed by atoms with E-state index in [9.17, 15) is 9.59 Å². The molecule has 0 aromatic rings. The number of rotatable bonds is 32. The summed E-state index contributed by atoms with van der Waals surface area (Å²) in [5.41, 5.74) is 0. The van der Waals surface area contributed by atoms with Gasteiger partial charge in [-0.2, -0.15) is 0 Å². The number of amides is 2. The van der Waals surface area contributed by atoms with Gasteiger partial charge in [-0.15, -0.1) is 0 Å². The molecule has 0 aliphatic carbocycles. The number of nitrogens with one attached hydrogen (secondary N) is 2. The number of hydrogen-bond donors (Lipinski definition) is 3. The van der Waals surface area contributed by atoms with Crippen molar-refractivity contribution in [3.63, 3.8) is 0 Å². The van der Waals surface area contributed by atoms with Crippen molar-refractivity contribution in [1.82, 2.24) is 10.6 Å². The quantitative estimate of drug-likeness (QED) is 0.0675. The smallest absolute Gasteiger partial charge is 0.226 e. The van der Waals surface area contributed by atoms with Gasteiger partial charge in [0.15, 0.2) is 0 Å². The fraction of sp³-hybridized carbons (Fsp3) is 0.946. The molecule has 3 N–H and O–H groups in total. The molecule has 0 heterocycles. The second kappa shape index (κ2) is 40.1. The van der Waals surface area contributed by atoms with Crippen LogP contribution >= 0.6 is 0 Å². The maximum atomic E-state index is 12.0. The second-order valence-corrected chi connectivity index (χ2v) is 12.4. The van der Waals surface area contributed by atoms with E-state index in [0.29, 0.717) is 12.8 Å². The van der Waals surface area contributed by atoms with Gasteiger partial charge in [-0.25, -0.2) is 0 Å². The first-order chi connectivity index (χ1) is 20.6. The topological polar surface area (TPSA) is 78.4 Å². The summed E-state index contributed by atoms with van der Waals surface area (Å²) in [5.74, 6) is -0.152. The SMILES string of the molecule is CCCCCCCCCCCCCCCC(=O)NC(=O)CCCCCCCCCCCCCCC.CCCNCCO. The molecule has 42 heavy (non-hydrogen) atoms. The minimum atomic E-state index is -0.0761. The summed E-state index contributed by atoms with van der Waals surface area (Å²) < 4.78 is 0. The highest BCUT2D eigenvalue weighted by atomic mass is 16.3. The lowest BCUT2D eigenvalue weighted by Crippen LogP contribution is -2.29. The van der Waals surface area contributed by atoms with Crippen LogP contribution in [0.2, 0.25) is 0 Å². The monoisotopic (exact) mass is 597 g/mol. The van der Waals surface area contributed by atoms with E-state index in [4.69, 9.17) is 5.11 Å². The van der Waals surface area contributed by atoms with Crippen LogP contribution in [0.15, 0.2) is 0 Å². The predicted octanol–water partition coefficient (Wildman–Crippen LogP) is 10.6. The Morgan fingerprint density at radius 3 is 0.952 bits per heavy atom. The third kappa shape index (κ3) is 41.2. The lowest BCUT2D eigenvalue weighted by atomic mass is 10.0. The molecule has 2 amide bonds. The van der Waals surface area contributed by atoms with Gasteiger partial charge in [0, 0.05) is 19.4 Å². The van der Waals surface area contributed by atoms with E-state index in [1.165, 1.54) is 141 Å². The minimum absolute atomic E-state index is 0.0761. The van der Waals surface area contributed by atoms with Crippen LogP contribution < -0.4 is 10.6 Å². The maximum Gasteiger partial charge on any atom is 0.226 e. The van der Waals surface area contributed by atoms with Gasteiger partial charge in [0.2, 0.25) is 11.8 Å². The molecule has 0 atom stereocenters. The first kappa shape index (κ1) is 43.2. The van der Waals surface area contributed by atoms with E-state index < -0.39 is 0 Å². The van der Waals surface area contributed by atoms with Crippen LogP contribution in [0.4, 0.5) is 0 Å². The van der Waals surface area contributed by atoms with Crippen LogP contribution in [0.3, 0.4) is 0 Å². The van der Waals surface area contributed by atoms with E-state index >= 15 is 0 Å². The summed E-state index contributed by atoms with van der Waals surface area (Å²) in [6, 6.07) is 0. The number of carbonyl (C=O) groups excluding carboxylic acids is 2. The highest BCUT2D eigenvalue weighted by Gasteiger charge is 2.07. The van der Waals surface area contributed by atoms with E-state index in [2.05, 4.69) is 31.4 Å². The molecule has 0 aromatic heterocycles. The van der Waals surface area contributed by atoms with Crippen LogP contribution in [-0.4, -0.2) is 36.6 Å². The fourth-order valence-electron chi connectivity index (χ4n) is 5.27. The van der Waals surface area contributed by atoms with Crippen molar-refractivity contribution < 1.29 is 14.7 Å². The van der Waals surface area contributed by atoms with Crippen LogP contribution in [0, 0.1) is 0 Å². The van der Waals surface area contributed by atoms with Crippen molar-refractivity contribution in [2.24, 2.45) is 0 Å². The molecule has 0 saturated heterocycles. The largest absolute Gasteiger partial charge is 0.395 e. The third-order valence-corrected chi connectivity index (χ3v) is 8.01. The van der Waals surface area contributed by atoms with Crippen molar-refractivity contribution in [2.45, 2.75) is 207 Å². The van der Waals surface area contributed by atoms with Crippen molar-refractivity contribution in [1.29, 1.82) is 0 Å². The van der Waals surface area contributed by atoms with Gasteiger partial charge in [-0.05, 0) is 25.8 Å². The summed E-state index contributed by atoms with van der Waals surface area (Å²) in [4.78, 5) is 23.9. The third-order valence-electron chi connectivity index (χ3n) is 8.01. The van der Waals surface area contributed by atoms with Crippen molar-refractivity contribution in [2.75, 3.05) is 19.7 Å². The number of hydrogen-bond acceptors (Lipinski definition) is 4. The summed E-state index contributed by atoms with van der Waals surface area (Å²) in [7, 11) is 0. The number of unbranched alkanes of at least 4 members (excludes halogenated alkanes) is 24. The maximum absolute atomic E-state index is 12.0. The van der Waals surface area contributed by atoms with Crippen LogP contribution in [0.1, 0.15) is 207 Å². The molecule has 0 aliphatic rings. The average molecular weight is 597 g/mol. The molecule has 0 aromatic carbocycles. The highest BCUT2D eigenvalue weighted by molar-refractivity contribution is 5.95. The molecule has 252 valence electrons. The second-order valence-electron chi connectivity index (χ2n) is 12.4. The zero-order valence-electron chi connectivity index (χ0n) is 28.9. The lowest BCUT2D eigenvalue weighted by Gasteiger charge is -2.05. The normalized spacial score (nSPS) is 10.9. The molecule has 0 aliphatic heterocycles. The van der Waals surface area contributed by atoms with E-state index in [1.807, 2.05) is 0 Å². The van der Waals surface area contributed by atoms with Crippen LogP contribution in [0.25, 0.3) is 0 Å². The average Bonchev–Trinajstić information content (AvgIpc) is 2.98. The fourth-order valence-corrected chi connectivity index (χ4v) is 5.27. The predicted molar refractivity (Wildman–Crippen MR) is 184 cm³/mol. The van der Waals surface area contributed by atoms with Gasteiger partial charge in [0.1, 0.15) is 0 Å². The van der Waals surface area contributed by atoms with Gasteiger partial charge in [-0.3, -0.25) is 14.9 Å². The molecule has 0 saturated carbocycles. The van der Waals surface area contributed by atoms with Gasteiger partial charge in [0.25, 0.3) is 0 Å². The Hall–Kier alpha value is -0.940. The Kier molecular flexibility index (Phi) is 41.2. The first-order valence-corrected chi connectivity index (χ1v) is 18.8. The van der Waals surface area contributed by atoms with Gasteiger partial charge >= 0.3 is 0 Å². The van der Waals surface area contributed by atoms with Crippen molar-refractivity contribution >= 4 is 11.8 Å². The molecule has 5 nitrogen and oxygen atoms in total. The Morgan fingerprint density at radius 1 is 0.405 bits per heavy atom. The molecular formula is C37H76N2O3. The zero-order chi connectivity index (χ0) is 31.2. The molecule has 0 spiro atoms. The summed E-state index contributed by atoms with van der Waals surface area (Å²) >= 11 is 0.